The third kappa shape index (κ3) is 3.23. The number of phenols is 1. The van der Waals surface area contributed by atoms with Gasteiger partial charge in [-0.05, 0) is 29.8 Å². The quantitative estimate of drug-likeness (QED) is 0.256. The molecule has 0 saturated carbocycles. The molecule has 0 radical (unpaired) electrons. The van der Waals surface area contributed by atoms with Crippen LogP contribution in [-0.4, -0.2) is 20.0 Å². The molecule has 0 bridgehead atoms. The number of benzene rings is 3. The van der Waals surface area contributed by atoms with E-state index in [1.54, 1.807) is 24.3 Å². The fourth-order valence-electron chi connectivity index (χ4n) is 3.55. The molecule has 5 rings (SSSR count). The van der Waals surface area contributed by atoms with Crippen LogP contribution in [0.2, 0.25) is 0 Å². The number of hydrogen-bond acceptors (Lipinski definition) is 6. The highest BCUT2D eigenvalue weighted by molar-refractivity contribution is 7.22. The van der Waals surface area contributed by atoms with E-state index >= 15 is 0 Å². The van der Waals surface area contributed by atoms with E-state index in [9.17, 15) is 15.2 Å². The third-order valence-corrected chi connectivity index (χ3v) is 5.96. The summed E-state index contributed by atoms with van der Waals surface area (Å²) in [6, 6.07) is 19.5. The van der Waals surface area contributed by atoms with Gasteiger partial charge >= 0.3 is 0 Å². The van der Waals surface area contributed by atoms with Gasteiger partial charge in [-0.1, -0.05) is 41.7 Å². The molecular weight excluding hydrogens is 400 g/mol. The van der Waals surface area contributed by atoms with Gasteiger partial charge in [-0.15, -0.1) is 0 Å². The number of nitrogens with zero attached hydrogens (tertiary/aromatic N) is 2. The first-order valence-electron chi connectivity index (χ1n) is 9.25. The number of nitro groups is 1. The zero-order valence-electron chi connectivity index (χ0n) is 15.6. The zero-order chi connectivity index (χ0) is 20.7. The highest BCUT2D eigenvalue weighted by Gasteiger charge is 2.20. The lowest BCUT2D eigenvalue weighted by molar-refractivity contribution is -0.384. The number of para-hydroxylation sites is 1. The number of fused-ring (bicyclic) bond motifs is 2. The Hall–Kier alpha value is -3.91. The van der Waals surface area contributed by atoms with E-state index in [1.807, 2.05) is 36.5 Å². The van der Waals surface area contributed by atoms with E-state index in [1.165, 1.54) is 17.4 Å². The van der Waals surface area contributed by atoms with Gasteiger partial charge in [0, 0.05) is 34.8 Å². The number of nitro benzene ring substituents is 1. The maximum absolute atomic E-state index is 11.1. The second-order valence-electron chi connectivity index (χ2n) is 6.89. The van der Waals surface area contributed by atoms with Gasteiger partial charge in [0.05, 0.1) is 21.2 Å². The Morgan fingerprint density at radius 2 is 1.90 bits per heavy atom. The number of non-ortho nitro benzene ring substituents is 1. The number of thiazole rings is 1. The summed E-state index contributed by atoms with van der Waals surface area (Å²) in [5.74, 6) is 0.198. The number of rotatable bonds is 5. The number of aromatic amines is 1. The standard InChI is InChI=1S/C22H16N4O3S/c27-15-8-5-13(6-9-15)21(17-12-23-18-4-2-1-3-16(17)18)25-22-24-19-10-7-14(26(28)29)11-20(19)30-22/h1-12,21,23,27H,(H,24,25)/t21-/m0/s1. The fourth-order valence-corrected chi connectivity index (χ4v) is 4.48. The van der Waals surface area contributed by atoms with Crippen molar-refractivity contribution in [2.75, 3.05) is 5.32 Å². The van der Waals surface area contributed by atoms with Crippen LogP contribution in [0, 0.1) is 10.1 Å². The fraction of sp³-hybridized carbons (Fsp3) is 0.0455. The van der Waals surface area contributed by atoms with Gasteiger partial charge in [0.15, 0.2) is 5.13 Å². The summed E-state index contributed by atoms with van der Waals surface area (Å²) in [5.41, 5.74) is 3.78. The van der Waals surface area contributed by atoms with Crippen molar-refractivity contribution in [3.05, 3.63) is 94.2 Å². The largest absolute Gasteiger partial charge is 0.508 e. The first-order chi connectivity index (χ1) is 14.6. The van der Waals surface area contributed by atoms with Crippen molar-refractivity contribution >= 4 is 43.3 Å². The number of phenolic OH excluding ortho intramolecular Hbond substituents is 1. The summed E-state index contributed by atoms with van der Waals surface area (Å²) in [5, 5.41) is 26.0. The van der Waals surface area contributed by atoms with Crippen LogP contribution in [0.3, 0.4) is 0 Å². The van der Waals surface area contributed by atoms with Gasteiger partial charge in [-0.2, -0.15) is 0 Å². The molecule has 0 aliphatic carbocycles. The average molecular weight is 416 g/mol. The van der Waals surface area contributed by atoms with Gasteiger partial charge in [-0.25, -0.2) is 4.98 Å². The molecule has 3 N–H and O–H groups in total. The van der Waals surface area contributed by atoms with Gasteiger partial charge in [0.1, 0.15) is 5.75 Å². The van der Waals surface area contributed by atoms with Crippen molar-refractivity contribution in [3.8, 4) is 5.75 Å². The van der Waals surface area contributed by atoms with Crippen molar-refractivity contribution in [3.63, 3.8) is 0 Å². The van der Waals surface area contributed by atoms with Crippen LogP contribution in [0.4, 0.5) is 10.8 Å². The topological polar surface area (TPSA) is 104 Å². The van der Waals surface area contributed by atoms with Crippen LogP contribution in [-0.2, 0) is 0 Å². The van der Waals surface area contributed by atoms with Crippen molar-refractivity contribution in [2.45, 2.75) is 6.04 Å². The molecule has 0 amide bonds. The summed E-state index contributed by atoms with van der Waals surface area (Å²) in [7, 11) is 0. The van der Waals surface area contributed by atoms with Crippen LogP contribution in [0.5, 0.6) is 5.75 Å². The molecule has 5 aromatic rings. The Morgan fingerprint density at radius 1 is 1.10 bits per heavy atom. The number of H-pyrrole nitrogens is 1. The van der Waals surface area contributed by atoms with Crippen molar-refractivity contribution in [2.24, 2.45) is 0 Å². The monoisotopic (exact) mass is 416 g/mol. The second-order valence-corrected chi connectivity index (χ2v) is 7.92. The maximum Gasteiger partial charge on any atom is 0.270 e. The molecule has 148 valence electrons. The summed E-state index contributed by atoms with van der Waals surface area (Å²) in [6.45, 7) is 0. The van der Waals surface area contributed by atoms with Crippen molar-refractivity contribution in [1.82, 2.24) is 9.97 Å². The van der Waals surface area contributed by atoms with Gasteiger partial charge < -0.3 is 15.4 Å². The lowest BCUT2D eigenvalue weighted by Crippen LogP contribution is -2.11. The molecule has 8 heteroatoms. The first kappa shape index (κ1) is 18.1. The Kier molecular flexibility index (Phi) is 4.33. The molecule has 0 spiro atoms. The highest BCUT2D eigenvalue weighted by atomic mass is 32.1. The summed E-state index contributed by atoms with van der Waals surface area (Å²) < 4.78 is 0.745. The smallest absolute Gasteiger partial charge is 0.270 e. The average Bonchev–Trinajstić information content (AvgIpc) is 3.35. The first-order valence-corrected chi connectivity index (χ1v) is 10.1. The van der Waals surface area contributed by atoms with Crippen LogP contribution < -0.4 is 5.32 Å². The molecule has 0 aliphatic heterocycles. The summed E-state index contributed by atoms with van der Waals surface area (Å²) in [6.07, 6.45) is 1.97. The SMILES string of the molecule is O=[N+]([O-])c1ccc2nc(N[C@@H](c3ccc(O)cc3)c3c[nH]c4ccccc34)sc2c1. The molecular formula is C22H16N4O3S. The molecule has 7 nitrogen and oxygen atoms in total. The minimum absolute atomic E-state index is 0.0458. The van der Waals surface area contributed by atoms with Gasteiger partial charge in [-0.3, -0.25) is 10.1 Å². The molecule has 0 saturated heterocycles. The molecule has 0 aliphatic rings. The number of aromatic hydroxyl groups is 1. The molecule has 0 unspecified atom stereocenters. The molecule has 30 heavy (non-hydrogen) atoms. The summed E-state index contributed by atoms with van der Waals surface area (Å²) >= 11 is 1.37. The number of aromatic nitrogens is 2. The Bertz CT molecular complexity index is 1370. The lowest BCUT2D eigenvalue weighted by atomic mass is 9.98. The highest BCUT2D eigenvalue weighted by Crippen LogP contribution is 2.36. The number of anilines is 1. The predicted octanol–water partition coefficient (Wildman–Crippen LogP) is 5.59. The molecule has 1 atom stereocenters. The zero-order valence-corrected chi connectivity index (χ0v) is 16.4. The molecule has 2 heterocycles. The molecule has 2 aromatic heterocycles. The van der Waals surface area contributed by atoms with Crippen LogP contribution in [0.25, 0.3) is 21.1 Å². The Labute approximate surface area is 174 Å². The van der Waals surface area contributed by atoms with Crippen molar-refractivity contribution in [1.29, 1.82) is 0 Å². The minimum atomic E-state index is -0.405. The van der Waals surface area contributed by atoms with Gasteiger partial charge in [0.25, 0.3) is 5.69 Å². The minimum Gasteiger partial charge on any atom is -0.508 e. The predicted molar refractivity (Wildman–Crippen MR) is 118 cm³/mol. The van der Waals surface area contributed by atoms with Crippen LogP contribution >= 0.6 is 11.3 Å². The van der Waals surface area contributed by atoms with E-state index < -0.39 is 4.92 Å². The van der Waals surface area contributed by atoms with Crippen LogP contribution in [0.15, 0.2) is 72.9 Å². The van der Waals surface area contributed by atoms with Crippen molar-refractivity contribution < 1.29 is 10.0 Å². The molecule has 3 aromatic carbocycles. The second kappa shape index (κ2) is 7.16. The lowest BCUT2D eigenvalue weighted by Gasteiger charge is -2.18. The Balaban J connectivity index is 1.59. The number of hydrogen-bond donors (Lipinski definition) is 3. The summed E-state index contributed by atoms with van der Waals surface area (Å²) in [4.78, 5) is 18.6. The van der Waals surface area contributed by atoms with E-state index in [0.717, 1.165) is 26.7 Å². The van der Waals surface area contributed by atoms with E-state index in [-0.39, 0.29) is 17.5 Å². The van der Waals surface area contributed by atoms with Crippen LogP contribution in [0.1, 0.15) is 17.2 Å². The Morgan fingerprint density at radius 3 is 2.70 bits per heavy atom. The third-order valence-electron chi connectivity index (χ3n) is 5.01. The normalized spacial score (nSPS) is 12.3. The van der Waals surface area contributed by atoms with E-state index in [2.05, 4.69) is 21.4 Å². The van der Waals surface area contributed by atoms with Gasteiger partial charge in [0.2, 0.25) is 0 Å². The van der Waals surface area contributed by atoms with E-state index in [4.69, 9.17) is 0 Å². The molecule has 0 fully saturated rings. The van der Waals surface area contributed by atoms with E-state index in [0.29, 0.717) is 10.6 Å². The number of nitrogens with one attached hydrogen (secondary N) is 2. The maximum atomic E-state index is 11.1.